The number of ether oxygens (including phenoxy) is 1. The lowest BCUT2D eigenvalue weighted by molar-refractivity contribution is -0.135. The monoisotopic (exact) mass is 557 g/mol. The molecule has 198 valence electrons. The van der Waals surface area contributed by atoms with Crippen LogP contribution in [0.4, 0.5) is 4.39 Å². The van der Waals surface area contributed by atoms with E-state index < -0.39 is 11.9 Å². The third-order valence-corrected chi connectivity index (χ3v) is 7.75. The molecule has 1 saturated carbocycles. The zero-order valence-electron chi connectivity index (χ0n) is 20.6. The van der Waals surface area contributed by atoms with Crippen LogP contribution in [-0.4, -0.2) is 50.4 Å². The van der Waals surface area contributed by atoms with Crippen molar-refractivity contribution >= 4 is 35.0 Å². The molecule has 0 unspecified atom stereocenters. The number of hydrogen-bond donors (Lipinski definition) is 1. The molecule has 6 rings (SSSR count). The Hall–Kier alpha value is -3.17. The highest BCUT2D eigenvalue weighted by Gasteiger charge is 2.38. The Morgan fingerprint density at radius 1 is 1.08 bits per heavy atom. The Bertz CT molecular complexity index is 1420. The van der Waals surface area contributed by atoms with E-state index in [2.05, 4.69) is 14.9 Å². The number of halogens is 3. The lowest BCUT2D eigenvalue weighted by Gasteiger charge is -2.37. The SMILES string of the molecule is O=C(NC1CC1)c1ccc(OCC(=O)N2CCc3nc4n(c3[C@@H]2c2ccc(Cl)cc2F)CCCC4)c(Cl)n1. The maximum absolute atomic E-state index is 15.3. The van der Waals surface area contributed by atoms with Gasteiger partial charge in [0.25, 0.3) is 11.8 Å². The lowest BCUT2D eigenvalue weighted by Crippen LogP contribution is -2.44. The summed E-state index contributed by atoms with van der Waals surface area (Å²) < 4.78 is 23.1. The van der Waals surface area contributed by atoms with Crippen molar-refractivity contribution in [2.24, 2.45) is 0 Å². The molecule has 1 atom stereocenters. The molecule has 2 aromatic heterocycles. The third-order valence-electron chi connectivity index (χ3n) is 7.24. The largest absolute Gasteiger partial charge is 0.481 e. The summed E-state index contributed by atoms with van der Waals surface area (Å²) in [6, 6.07) is 7.11. The summed E-state index contributed by atoms with van der Waals surface area (Å²) in [5, 5.41) is 3.14. The number of carbonyl (C=O) groups is 2. The highest BCUT2D eigenvalue weighted by atomic mass is 35.5. The van der Waals surface area contributed by atoms with Gasteiger partial charge in [-0.2, -0.15) is 0 Å². The van der Waals surface area contributed by atoms with Gasteiger partial charge in [0.2, 0.25) is 0 Å². The second-order valence-electron chi connectivity index (χ2n) is 9.90. The lowest BCUT2D eigenvalue weighted by atomic mass is 9.94. The van der Waals surface area contributed by atoms with Crippen molar-refractivity contribution in [2.75, 3.05) is 13.2 Å². The van der Waals surface area contributed by atoms with Crippen LogP contribution in [0.15, 0.2) is 30.3 Å². The zero-order valence-corrected chi connectivity index (χ0v) is 22.1. The molecule has 11 heteroatoms. The number of fused-ring (bicyclic) bond motifs is 3. The summed E-state index contributed by atoms with van der Waals surface area (Å²) in [6.07, 6.45) is 5.42. The van der Waals surface area contributed by atoms with E-state index in [1.165, 1.54) is 18.2 Å². The normalized spacial score (nSPS) is 18.5. The molecule has 1 aromatic carbocycles. The van der Waals surface area contributed by atoms with Gasteiger partial charge in [0.1, 0.15) is 23.4 Å². The summed E-state index contributed by atoms with van der Waals surface area (Å²) in [7, 11) is 0. The standard InChI is InChI=1S/C27H26Cl2FN5O3/c28-15-4-7-17(18(30)13-15)24-25-19(32-22-3-1-2-11-34(22)25)10-12-35(24)23(36)14-38-21-9-8-20(33-26(21)29)27(37)31-16-5-6-16/h4,7-9,13,16,24H,1-3,5-6,10-12,14H2,(H,31,37)/t24-/m0/s1. The molecule has 38 heavy (non-hydrogen) atoms. The molecule has 2 amide bonds. The average molecular weight is 558 g/mol. The van der Waals surface area contributed by atoms with Gasteiger partial charge in [-0.1, -0.05) is 29.3 Å². The number of benzene rings is 1. The maximum Gasteiger partial charge on any atom is 0.270 e. The third kappa shape index (κ3) is 4.85. The highest BCUT2D eigenvalue weighted by Crippen LogP contribution is 2.39. The van der Waals surface area contributed by atoms with Gasteiger partial charge in [-0.15, -0.1) is 0 Å². The second-order valence-corrected chi connectivity index (χ2v) is 10.7. The first-order chi connectivity index (χ1) is 18.4. The van der Waals surface area contributed by atoms with E-state index in [-0.39, 0.29) is 46.1 Å². The van der Waals surface area contributed by atoms with Crippen molar-refractivity contribution in [2.45, 2.75) is 57.2 Å². The molecule has 0 radical (unpaired) electrons. The number of aryl methyl sites for hydroxylation is 1. The van der Waals surface area contributed by atoms with Gasteiger partial charge in [0.05, 0.1) is 11.4 Å². The molecule has 1 aliphatic carbocycles. The van der Waals surface area contributed by atoms with Crippen molar-refractivity contribution in [3.8, 4) is 5.75 Å². The van der Waals surface area contributed by atoms with Gasteiger partial charge in [-0.25, -0.2) is 14.4 Å². The maximum atomic E-state index is 15.3. The quantitative estimate of drug-likeness (QED) is 0.450. The Kier molecular flexibility index (Phi) is 6.74. The minimum atomic E-state index is -0.659. The molecule has 3 aliphatic rings. The smallest absolute Gasteiger partial charge is 0.270 e. The molecule has 0 saturated heterocycles. The Balaban J connectivity index is 1.25. The van der Waals surface area contributed by atoms with E-state index in [0.717, 1.165) is 55.9 Å². The summed E-state index contributed by atoms with van der Waals surface area (Å²) in [5.74, 6) is 0.0744. The van der Waals surface area contributed by atoms with Crippen LogP contribution in [0.25, 0.3) is 0 Å². The topological polar surface area (TPSA) is 89.4 Å². The molecule has 2 aliphatic heterocycles. The van der Waals surface area contributed by atoms with E-state index >= 15 is 4.39 Å². The van der Waals surface area contributed by atoms with Crippen molar-refractivity contribution in [1.82, 2.24) is 24.8 Å². The molecule has 0 bridgehead atoms. The molecule has 8 nitrogen and oxygen atoms in total. The van der Waals surface area contributed by atoms with Crippen LogP contribution in [0.3, 0.4) is 0 Å². The van der Waals surface area contributed by atoms with Crippen molar-refractivity contribution < 1.29 is 18.7 Å². The fourth-order valence-corrected chi connectivity index (χ4v) is 5.59. The second kappa shape index (κ2) is 10.2. The van der Waals surface area contributed by atoms with Gasteiger partial charge in [0.15, 0.2) is 17.5 Å². The molecule has 0 spiro atoms. The molecule has 1 fully saturated rings. The van der Waals surface area contributed by atoms with Crippen molar-refractivity contribution in [1.29, 1.82) is 0 Å². The minimum Gasteiger partial charge on any atom is -0.481 e. The van der Waals surface area contributed by atoms with Gasteiger partial charge in [-0.3, -0.25) is 9.59 Å². The summed E-state index contributed by atoms with van der Waals surface area (Å²) >= 11 is 12.3. The highest BCUT2D eigenvalue weighted by molar-refractivity contribution is 6.31. The number of aromatic nitrogens is 3. The van der Waals surface area contributed by atoms with E-state index in [0.29, 0.717) is 18.5 Å². The van der Waals surface area contributed by atoms with Gasteiger partial charge in [-0.05, 0) is 49.9 Å². The fraction of sp³-hybridized carbons (Fsp3) is 0.407. The Morgan fingerprint density at radius 2 is 1.92 bits per heavy atom. The van der Waals surface area contributed by atoms with E-state index in [1.807, 2.05) is 0 Å². The summed E-state index contributed by atoms with van der Waals surface area (Å²) in [4.78, 5) is 36.4. The zero-order chi connectivity index (χ0) is 26.4. The number of imidazole rings is 1. The van der Waals surface area contributed by atoms with Gasteiger partial charge in [0, 0.05) is 42.6 Å². The van der Waals surface area contributed by atoms with Gasteiger partial charge < -0.3 is 19.5 Å². The molecule has 3 aromatic rings. The number of carbonyl (C=O) groups excluding carboxylic acids is 2. The minimum absolute atomic E-state index is 0.00710. The first kappa shape index (κ1) is 25.1. The van der Waals surface area contributed by atoms with Crippen LogP contribution < -0.4 is 10.1 Å². The number of pyridine rings is 1. The van der Waals surface area contributed by atoms with E-state index in [1.54, 1.807) is 17.0 Å². The number of hydrogen-bond acceptors (Lipinski definition) is 5. The van der Waals surface area contributed by atoms with Crippen LogP contribution in [0.5, 0.6) is 5.75 Å². The Labute approximate surface area is 229 Å². The fourth-order valence-electron chi connectivity index (χ4n) is 5.23. The van der Waals surface area contributed by atoms with E-state index in [4.69, 9.17) is 32.9 Å². The van der Waals surface area contributed by atoms with Crippen LogP contribution in [0.1, 0.15) is 65.0 Å². The summed E-state index contributed by atoms with van der Waals surface area (Å²) in [6.45, 7) is 0.825. The van der Waals surface area contributed by atoms with Crippen LogP contribution in [-0.2, 0) is 24.2 Å². The first-order valence-electron chi connectivity index (χ1n) is 12.8. The molecular formula is C27H26Cl2FN5O3. The summed E-state index contributed by atoms with van der Waals surface area (Å²) in [5.41, 5.74) is 2.31. The van der Waals surface area contributed by atoms with Crippen LogP contribution in [0.2, 0.25) is 10.2 Å². The van der Waals surface area contributed by atoms with Crippen molar-refractivity contribution in [3.05, 3.63) is 74.8 Å². The van der Waals surface area contributed by atoms with E-state index in [9.17, 15) is 9.59 Å². The van der Waals surface area contributed by atoms with Gasteiger partial charge >= 0.3 is 0 Å². The molecular weight excluding hydrogens is 532 g/mol. The number of nitrogens with one attached hydrogen (secondary N) is 1. The number of nitrogens with zero attached hydrogens (tertiary/aromatic N) is 4. The Morgan fingerprint density at radius 3 is 2.68 bits per heavy atom. The predicted molar refractivity (Wildman–Crippen MR) is 139 cm³/mol. The predicted octanol–water partition coefficient (Wildman–Crippen LogP) is 4.51. The number of amides is 2. The number of rotatable bonds is 6. The molecule has 4 heterocycles. The molecule has 1 N–H and O–H groups in total. The van der Waals surface area contributed by atoms with Crippen LogP contribution in [0, 0.1) is 5.82 Å². The first-order valence-corrected chi connectivity index (χ1v) is 13.6. The van der Waals surface area contributed by atoms with Crippen LogP contribution >= 0.6 is 23.2 Å². The average Bonchev–Trinajstić information content (AvgIpc) is 3.64. The van der Waals surface area contributed by atoms with Crippen molar-refractivity contribution in [3.63, 3.8) is 0 Å².